The minimum Gasteiger partial charge on any atom is -0.358 e. The van der Waals surface area contributed by atoms with E-state index in [4.69, 9.17) is 5.84 Å². The normalized spacial score (nSPS) is 19.6. The maximum Gasteiger partial charge on any atom is 0.242 e. The minimum atomic E-state index is -0.233. The summed E-state index contributed by atoms with van der Waals surface area (Å²) in [5.41, 5.74) is 3.26. The van der Waals surface area contributed by atoms with Crippen molar-refractivity contribution in [2.75, 3.05) is 17.3 Å². The zero-order chi connectivity index (χ0) is 12.3. The van der Waals surface area contributed by atoms with E-state index in [1.54, 1.807) is 6.20 Å². The standard InChI is InChI=1S/C10H16N6O/c1-6-5-13-10(16-11)15-8(6)14-7-3-2-4-12-9(7)17/h5,7H,2-4,11H2,1H3,(H,12,17)(H2,13,14,15,16). The van der Waals surface area contributed by atoms with Crippen molar-refractivity contribution in [1.29, 1.82) is 0 Å². The monoisotopic (exact) mass is 236 g/mol. The Bertz CT molecular complexity index is 421. The third kappa shape index (κ3) is 2.62. The van der Waals surface area contributed by atoms with Gasteiger partial charge in [-0.25, -0.2) is 10.8 Å². The van der Waals surface area contributed by atoms with Gasteiger partial charge in [0.1, 0.15) is 11.9 Å². The number of hydrazine groups is 1. The summed E-state index contributed by atoms with van der Waals surface area (Å²) in [6, 6.07) is -0.233. The topological polar surface area (TPSA) is 105 Å². The largest absolute Gasteiger partial charge is 0.358 e. The highest BCUT2D eigenvalue weighted by Gasteiger charge is 2.22. The van der Waals surface area contributed by atoms with Crippen LogP contribution in [-0.4, -0.2) is 28.5 Å². The van der Waals surface area contributed by atoms with Crippen LogP contribution in [0.2, 0.25) is 0 Å². The Kier molecular flexibility index (Phi) is 3.38. The Labute approximate surface area is 99.2 Å². The van der Waals surface area contributed by atoms with E-state index in [9.17, 15) is 4.79 Å². The number of amides is 1. The van der Waals surface area contributed by atoms with E-state index in [-0.39, 0.29) is 11.9 Å². The highest BCUT2D eigenvalue weighted by molar-refractivity contribution is 5.85. The summed E-state index contributed by atoms with van der Waals surface area (Å²) in [6.07, 6.45) is 3.43. The van der Waals surface area contributed by atoms with Gasteiger partial charge in [0, 0.05) is 18.3 Å². The number of hydrogen-bond acceptors (Lipinski definition) is 6. The summed E-state index contributed by atoms with van der Waals surface area (Å²) in [6.45, 7) is 2.62. The highest BCUT2D eigenvalue weighted by Crippen LogP contribution is 2.16. The highest BCUT2D eigenvalue weighted by atomic mass is 16.2. The molecule has 1 aliphatic heterocycles. The third-order valence-electron chi connectivity index (χ3n) is 2.70. The SMILES string of the molecule is Cc1cnc(NN)nc1NC1CCCNC1=O. The molecule has 1 aromatic rings. The molecule has 2 rings (SSSR count). The zero-order valence-corrected chi connectivity index (χ0v) is 9.66. The van der Waals surface area contributed by atoms with Gasteiger partial charge in [0.15, 0.2) is 0 Å². The van der Waals surface area contributed by atoms with Crippen LogP contribution in [0.25, 0.3) is 0 Å². The molecule has 1 aliphatic rings. The molecule has 1 saturated heterocycles. The molecule has 7 nitrogen and oxygen atoms in total. The van der Waals surface area contributed by atoms with Crippen molar-refractivity contribution in [3.05, 3.63) is 11.8 Å². The number of anilines is 2. The smallest absolute Gasteiger partial charge is 0.242 e. The minimum absolute atomic E-state index is 0.0107. The van der Waals surface area contributed by atoms with Crippen molar-refractivity contribution in [3.63, 3.8) is 0 Å². The van der Waals surface area contributed by atoms with Gasteiger partial charge in [-0.3, -0.25) is 10.2 Å². The van der Waals surface area contributed by atoms with Crippen LogP contribution in [-0.2, 0) is 4.79 Å². The summed E-state index contributed by atoms with van der Waals surface area (Å²) in [7, 11) is 0. The van der Waals surface area contributed by atoms with Gasteiger partial charge in [0.25, 0.3) is 0 Å². The molecule has 1 atom stereocenters. The number of aromatic nitrogens is 2. The van der Waals surface area contributed by atoms with Crippen molar-refractivity contribution in [1.82, 2.24) is 15.3 Å². The molecule has 17 heavy (non-hydrogen) atoms. The fourth-order valence-corrected chi connectivity index (χ4v) is 1.73. The van der Waals surface area contributed by atoms with Gasteiger partial charge in [-0.1, -0.05) is 0 Å². The number of piperidine rings is 1. The van der Waals surface area contributed by atoms with Crippen molar-refractivity contribution in [2.24, 2.45) is 5.84 Å². The molecule has 0 bridgehead atoms. The Hall–Kier alpha value is -1.89. The fourth-order valence-electron chi connectivity index (χ4n) is 1.73. The number of nitrogens with two attached hydrogens (primary N) is 1. The molecule has 0 radical (unpaired) electrons. The third-order valence-corrected chi connectivity index (χ3v) is 2.70. The Morgan fingerprint density at radius 3 is 3.12 bits per heavy atom. The molecular weight excluding hydrogens is 220 g/mol. The van der Waals surface area contributed by atoms with E-state index < -0.39 is 0 Å². The number of rotatable bonds is 3. The quantitative estimate of drug-likeness (QED) is 0.426. The molecule has 1 aromatic heterocycles. The van der Waals surface area contributed by atoms with Crippen molar-refractivity contribution >= 4 is 17.7 Å². The first kappa shape index (κ1) is 11.6. The molecule has 1 fully saturated rings. The summed E-state index contributed by atoms with van der Waals surface area (Å²) in [5, 5.41) is 5.93. The molecule has 1 unspecified atom stereocenters. The second kappa shape index (κ2) is 4.96. The second-order valence-electron chi connectivity index (χ2n) is 4.00. The number of carbonyl (C=O) groups is 1. The first-order chi connectivity index (χ1) is 8.20. The summed E-state index contributed by atoms with van der Waals surface area (Å²) in [4.78, 5) is 19.8. The molecular formula is C10H16N6O. The molecule has 0 aromatic carbocycles. The van der Waals surface area contributed by atoms with Crippen LogP contribution in [0.15, 0.2) is 6.20 Å². The molecule has 2 heterocycles. The average Bonchev–Trinajstić information content (AvgIpc) is 2.35. The van der Waals surface area contributed by atoms with Crippen LogP contribution in [0, 0.1) is 6.92 Å². The van der Waals surface area contributed by atoms with E-state index >= 15 is 0 Å². The molecule has 7 heteroatoms. The van der Waals surface area contributed by atoms with Gasteiger partial charge in [-0.2, -0.15) is 4.98 Å². The van der Waals surface area contributed by atoms with E-state index in [0.29, 0.717) is 11.8 Å². The van der Waals surface area contributed by atoms with Crippen LogP contribution in [0.1, 0.15) is 18.4 Å². The van der Waals surface area contributed by atoms with Gasteiger partial charge in [-0.15, -0.1) is 0 Å². The Morgan fingerprint density at radius 2 is 2.41 bits per heavy atom. The average molecular weight is 236 g/mol. The van der Waals surface area contributed by atoms with Crippen LogP contribution < -0.4 is 21.9 Å². The number of hydrogen-bond donors (Lipinski definition) is 4. The predicted octanol–water partition coefficient (Wildman–Crippen LogP) is -0.239. The van der Waals surface area contributed by atoms with Crippen LogP contribution >= 0.6 is 0 Å². The number of nitrogen functional groups attached to an aromatic ring is 1. The van der Waals surface area contributed by atoms with Gasteiger partial charge in [-0.05, 0) is 19.8 Å². The lowest BCUT2D eigenvalue weighted by molar-refractivity contribution is -0.123. The number of aryl methyl sites for hydroxylation is 1. The van der Waals surface area contributed by atoms with Gasteiger partial charge < -0.3 is 10.6 Å². The Morgan fingerprint density at radius 1 is 1.59 bits per heavy atom. The van der Waals surface area contributed by atoms with Crippen LogP contribution in [0.3, 0.4) is 0 Å². The van der Waals surface area contributed by atoms with Crippen LogP contribution in [0.4, 0.5) is 11.8 Å². The molecule has 0 spiro atoms. The first-order valence-electron chi connectivity index (χ1n) is 5.55. The van der Waals surface area contributed by atoms with Gasteiger partial charge >= 0.3 is 0 Å². The summed E-state index contributed by atoms with van der Waals surface area (Å²) < 4.78 is 0. The number of nitrogens with one attached hydrogen (secondary N) is 3. The summed E-state index contributed by atoms with van der Waals surface area (Å²) >= 11 is 0. The van der Waals surface area contributed by atoms with Gasteiger partial charge in [0.05, 0.1) is 0 Å². The molecule has 5 N–H and O–H groups in total. The maximum absolute atomic E-state index is 11.6. The van der Waals surface area contributed by atoms with E-state index in [0.717, 1.165) is 24.9 Å². The van der Waals surface area contributed by atoms with Crippen molar-refractivity contribution < 1.29 is 4.79 Å². The number of carbonyl (C=O) groups excluding carboxylic acids is 1. The fraction of sp³-hybridized carbons (Fsp3) is 0.500. The van der Waals surface area contributed by atoms with Crippen LogP contribution in [0.5, 0.6) is 0 Å². The number of nitrogens with zero attached hydrogens (tertiary/aromatic N) is 2. The molecule has 92 valence electrons. The van der Waals surface area contributed by atoms with Gasteiger partial charge in [0.2, 0.25) is 11.9 Å². The first-order valence-corrected chi connectivity index (χ1v) is 5.55. The molecule has 0 aliphatic carbocycles. The van der Waals surface area contributed by atoms with Crippen molar-refractivity contribution in [2.45, 2.75) is 25.8 Å². The van der Waals surface area contributed by atoms with E-state index in [1.165, 1.54) is 0 Å². The lowest BCUT2D eigenvalue weighted by atomic mass is 10.1. The zero-order valence-electron chi connectivity index (χ0n) is 9.66. The van der Waals surface area contributed by atoms with Crippen molar-refractivity contribution in [3.8, 4) is 0 Å². The Balaban J connectivity index is 2.14. The van der Waals surface area contributed by atoms with E-state index in [2.05, 4.69) is 26.0 Å². The molecule has 0 saturated carbocycles. The lowest BCUT2D eigenvalue weighted by Crippen LogP contribution is -2.44. The van der Waals surface area contributed by atoms with E-state index in [1.807, 2.05) is 6.92 Å². The predicted molar refractivity (Wildman–Crippen MR) is 64.2 cm³/mol. The molecule has 1 amide bonds. The second-order valence-corrected chi connectivity index (χ2v) is 4.00. The maximum atomic E-state index is 11.6. The summed E-state index contributed by atoms with van der Waals surface area (Å²) in [5.74, 6) is 6.22. The lowest BCUT2D eigenvalue weighted by Gasteiger charge is -2.23.